The van der Waals surface area contributed by atoms with Crippen molar-refractivity contribution in [2.24, 2.45) is 5.73 Å². The summed E-state index contributed by atoms with van der Waals surface area (Å²) in [5.74, 6) is 0. The van der Waals surface area contributed by atoms with Crippen LogP contribution in [0.3, 0.4) is 0 Å². The first-order valence-electron chi connectivity index (χ1n) is 5.85. The van der Waals surface area contributed by atoms with Gasteiger partial charge in [0, 0.05) is 18.2 Å². The van der Waals surface area contributed by atoms with Gasteiger partial charge in [-0.1, -0.05) is 12.1 Å². The number of ether oxygens (including phenoxy) is 1. The lowest BCUT2D eigenvalue weighted by molar-refractivity contribution is 0.101. The lowest BCUT2D eigenvalue weighted by atomic mass is 9.93. The number of fused-ring (bicyclic) bond motifs is 1. The molecule has 1 unspecified atom stereocenters. The summed E-state index contributed by atoms with van der Waals surface area (Å²) in [6.45, 7) is 5.16. The monoisotopic (exact) mass is 230 g/mol. The predicted octanol–water partition coefficient (Wildman–Crippen LogP) is 2.45. The molecule has 1 atom stereocenters. The maximum absolute atomic E-state index is 6.27. The summed E-state index contributed by atoms with van der Waals surface area (Å²) >= 11 is 0. The van der Waals surface area contributed by atoms with Crippen molar-refractivity contribution in [2.45, 2.75) is 19.4 Å². The highest BCUT2D eigenvalue weighted by molar-refractivity contribution is 5.79. The Hall–Kier alpha value is -1.45. The maximum Gasteiger partial charge on any atom is 0.0702 e. The summed E-state index contributed by atoms with van der Waals surface area (Å²) < 4.78 is 5.42. The lowest BCUT2D eigenvalue weighted by Gasteiger charge is -2.25. The minimum absolute atomic E-state index is 0.458. The first-order valence-corrected chi connectivity index (χ1v) is 5.85. The number of nitrogens with two attached hydrogens (primary N) is 1. The summed E-state index contributed by atoms with van der Waals surface area (Å²) in [6, 6.07) is 10.1. The molecule has 0 saturated carbocycles. The van der Waals surface area contributed by atoms with Crippen molar-refractivity contribution in [3.05, 3.63) is 42.1 Å². The van der Waals surface area contributed by atoms with Gasteiger partial charge in [0.2, 0.25) is 0 Å². The van der Waals surface area contributed by atoms with Gasteiger partial charge in [-0.3, -0.25) is 4.98 Å². The fourth-order valence-electron chi connectivity index (χ4n) is 1.83. The molecule has 2 N–H and O–H groups in total. The van der Waals surface area contributed by atoms with E-state index in [0.29, 0.717) is 13.2 Å². The summed E-state index contributed by atoms with van der Waals surface area (Å²) in [4.78, 5) is 4.29. The molecule has 0 amide bonds. The minimum Gasteiger partial charge on any atom is -0.379 e. The van der Waals surface area contributed by atoms with Crippen molar-refractivity contribution < 1.29 is 4.74 Å². The standard InChI is InChI=1S/C14H18N2O/c1-3-17-10-14(2,15)12-6-7-13-11(9-12)5-4-8-16-13/h4-9H,3,10,15H2,1-2H3. The third-order valence-electron chi connectivity index (χ3n) is 2.87. The number of nitrogens with zero attached hydrogens (tertiary/aromatic N) is 1. The van der Waals surface area contributed by atoms with Gasteiger partial charge < -0.3 is 10.5 Å². The summed E-state index contributed by atoms with van der Waals surface area (Å²) in [5, 5.41) is 1.11. The Labute approximate surface area is 102 Å². The highest BCUT2D eigenvalue weighted by Gasteiger charge is 2.21. The highest BCUT2D eigenvalue weighted by atomic mass is 16.5. The van der Waals surface area contributed by atoms with Crippen LogP contribution in [-0.4, -0.2) is 18.2 Å². The van der Waals surface area contributed by atoms with E-state index in [1.54, 1.807) is 6.20 Å². The first kappa shape index (κ1) is 12.0. The fourth-order valence-corrected chi connectivity index (χ4v) is 1.83. The molecule has 3 nitrogen and oxygen atoms in total. The van der Waals surface area contributed by atoms with Gasteiger partial charge in [0.05, 0.1) is 17.7 Å². The molecule has 0 spiro atoms. The Kier molecular flexibility index (Phi) is 3.41. The molecule has 0 aliphatic carbocycles. The van der Waals surface area contributed by atoms with Crippen molar-refractivity contribution in [1.29, 1.82) is 0 Å². The molecule has 0 aliphatic heterocycles. The topological polar surface area (TPSA) is 48.1 Å². The van der Waals surface area contributed by atoms with E-state index >= 15 is 0 Å². The predicted molar refractivity (Wildman–Crippen MR) is 69.8 cm³/mol. The van der Waals surface area contributed by atoms with Crippen LogP contribution >= 0.6 is 0 Å². The van der Waals surface area contributed by atoms with Crippen LogP contribution in [0.1, 0.15) is 19.4 Å². The smallest absolute Gasteiger partial charge is 0.0702 e. The Morgan fingerprint density at radius 1 is 1.35 bits per heavy atom. The van der Waals surface area contributed by atoms with Gasteiger partial charge in [0.15, 0.2) is 0 Å². The maximum atomic E-state index is 6.27. The normalized spacial score (nSPS) is 14.8. The van der Waals surface area contributed by atoms with E-state index in [-0.39, 0.29) is 0 Å². The summed E-state index contributed by atoms with van der Waals surface area (Å²) in [6.07, 6.45) is 1.80. The molecule has 2 aromatic rings. The number of hydrogen-bond donors (Lipinski definition) is 1. The second-order valence-corrected chi connectivity index (χ2v) is 4.47. The SMILES string of the molecule is CCOCC(C)(N)c1ccc2ncccc2c1. The lowest BCUT2D eigenvalue weighted by Crippen LogP contribution is -2.38. The Balaban J connectivity index is 2.35. The van der Waals surface area contributed by atoms with Crippen molar-refractivity contribution >= 4 is 10.9 Å². The molecule has 1 aromatic carbocycles. The fraction of sp³-hybridized carbons (Fsp3) is 0.357. The first-order chi connectivity index (χ1) is 8.13. The largest absolute Gasteiger partial charge is 0.379 e. The molecule has 2 rings (SSSR count). The molecule has 0 aliphatic rings. The van der Waals surface area contributed by atoms with Crippen LogP contribution in [0.25, 0.3) is 10.9 Å². The molecular weight excluding hydrogens is 212 g/mol. The number of aromatic nitrogens is 1. The molecule has 1 aromatic heterocycles. The van der Waals surface area contributed by atoms with E-state index in [1.807, 2.05) is 38.1 Å². The van der Waals surface area contributed by atoms with Gasteiger partial charge >= 0.3 is 0 Å². The third-order valence-corrected chi connectivity index (χ3v) is 2.87. The van der Waals surface area contributed by atoms with Crippen molar-refractivity contribution in [3.8, 4) is 0 Å². The minimum atomic E-state index is -0.458. The zero-order valence-electron chi connectivity index (χ0n) is 10.3. The van der Waals surface area contributed by atoms with Crippen LogP contribution in [0.5, 0.6) is 0 Å². The summed E-state index contributed by atoms with van der Waals surface area (Å²) in [5.41, 5.74) is 7.88. The summed E-state index contributed by atoms with van der Waals surface area (Å²) in [7, 11) is 0. The van der Waals surface area contributed by atoms with E-state index in [0.717, 1.165) is 16.5 Å². The van der Waals surface area contributed by atoms with Gasteiger partial charge in [0.25, 0.3) is 0 Å². The number of benzene rings is 1. The highest BCUT2D eigenvalue weighted by Crippen LogP contribution is 2.22. The second kappa shape index (κ2) is 4.82. The van der Waals surface area contributed by atoms with E-state index in [1.165, 1.54) is 0 Å². The molecule has 3 heteroatoms. The van der Waals surface area contributed by atoms with Gasteiger partial charge in [-0.15, -0.1) is 0 Å². The zero-order chi connectivity index (χ0) is 12.3. The Bertz CT molecular complexity index is 508. The molecule has 0 bridgehead atoms. The number of hydrogen-bond acceptors (Lipinski definition) is 3. The van der Waals surface area contributed by atoms with Gasteiger partial charge in [-0.2, -0.15) is 0 Å². The van der Waals surface area contributed by atoms with Crippen molar-refractivity contribution in [1.82, 2.24) is 4.98 Å². The van der Waals surface area contributed by atoms with Gasteiger partial charge in [-0.05, 0) is 37.6 Å². The van der Waals surface area contributed by atoms with Crippen molar-refractivity contribution in [3.63, 3.8) is 0 Å². The Morgan fingerprint density at radius 3 is 2.94 bits per heavy atom. The number of pyridine rings is 1. The Morgan fingerprint density at radius 2 is 2.18 bits per heavy atom. The van der Waals surface area contributed by atoms with E-state index < -0.39 is 5.54 Å². The number of rotatable bonds is 4. The van der Waals surface area contributed by atoms with Crippen LogP contribution in [-0.2, 0) is 10.3 Å². The van der Waals surface area contributed by atoms with Crippen LogP contribution in [0.2, 0.25) is 0 Å². The van der Waals surface area contributed by atoms with Crippen molar-refractivity contribution in [2.75, 3.05) is 13.2 Å². The van der Waals surface area contributed by atoms with E-state index in [4.69, 9.17) is 10.5 Å². The van der Waals surface area contributed by atoms with Crippen LogP contribution in [0.15, 0.2) is 36.5 Å². The van der Waals surface area contributed by atoms with Crippen LogP contribution in [0.4, 0.5) is 0 Å². The van der Waals surface area contributed by atoms with Crippen LogP contribution < -0.4 is 5.73 Å². The zero-order valence-corrected chi connectivity index (χ0v) is 10.3. The quantitative estimate of drug-likeness (QED) is 0.877. The molecule has 90 valence electrons. The van der Waals surface area contributed by atoms with Gasteiger partial charge in [-0.25, -0.2) is 0 Å². The molecule has 0 saturated heterocycles. The third kappa shape index (κ3) is 2.62. The molecule has 1 heterocycles. The van der Waals surface area contributed by atoms with Crippen LogP contribution in [0, 0.1) is 0 Å². The van der Waals surface area contributed by atoms with E-state index in [9.17, 15) is 0 Å². The van der Waals surface area contributed by atoms with Gasteiger partial charge in [0.1, 0.15) is 0 Å². The molecule has 0 radical (unpaired) electrons. The average molecular weight is 230 g/mol. The molecular formula is C14H18N2O. The molecule has 17 heavy (non-hydrogen) atoms. The van der Waals surface area contributed by atoms with E-state index in [2.05, 4.69) is 11.1 Å². The molecule has 0 fully saturated rings. The second-order valence-electron chi connectivity index (χ2n) is 4.47. The average Bonchev–Trinajstić information content (AvgIpc) is 2.36.